The average Bonchev–Trinajstić information content (AvgIpc) is 3.12. The molecular weight excluding hydrogens is 486 g/mol. The lowest BCUT2D eigenvalue weighted by atomic mass is 10.1. The normalized spacial score (nSPS) is 14.8. The van der Waals surface area contributed by atoms with Gasteiger partial charge in [0.1, 0.15) is 0 Å². The number of rotatable bonds is 6. The Balaban J connectivity index is 0.00000380. The Bertz CT molecular complexity index is 1270. The number of nitrogens with one attached hydrogen (secondary N) is 1. The van der Waals surface area contributed by atoms with Crippen LogP contribution in [0.3, 0.4) is 0 Å². The molecule has 0 aromatic heterocycles. The van der Waals surface area contributed by atoms with Gasteiger partial charge in [0.2, 0.25) is 0 Å². The number of anilines is 2. The summed E-state index contributed by atoms with van der Waals surface area (Å²) in [6.07, 6.45) is 5.01. The van der Waals surface area contributed by atoms with Crippen molar-refractivity contribution in [3.63, 3.8) is 0 Å². The number of benzene rings is 3. The molecule has 4 rings (SSSR count). The summed E-state index contributed by atoms with van der Waals surface area (Å²) in [5, 5.41) is 15.1. The molecule has 0 bridgehead atoms. The number of oxime groups is 1. The number of amides is 1. The lowest BCUT2D eigenvalue weighted by Gasteiger charge is -2.23. The number of carbonyl (C=O) groups is 1. The van der Waals surface area contributed by atoms with Gasteiger partial charge >= 0.3 is 0 Å². The first-order chi connectivity index (χ1) is 17.4. The van der Waals surface area contributed by atoms with Crippen molar-refractivity contribution >= 4 is 47.7 Å². The maximum absolute atomic E-state index is 13.1. The van der Waals surface area contributed by atoms with Crippen LogP contribution in [0.4, 0.5) is 11.4 Å². The zero-order valence-electron chi connectivity index (χ0n) is 21.2. The van der Waals surface area contributed by atoms with Crippen LogP contribution < -0.4 is 16.0 Å². The third-order valence-corrected chi connectivity index (χ3v) is 6.42. The van der Waals surface area contributed by atoms with E-state index in [0.29, 0.717) is 11.1 Å². The van der Waals surface area contributed by atoms with Crippen molar-refractivity contribution in [1.82, 2.24) is 4.90 Å². The molecule has 0 atom stereocenters. The fourth-order valence-corrected chi connectivity index (χ4v) is 4.29. The Kier molecular flexibility index (Phi) is 9.71. The van der Waals surface area contributed by atoms with Crippen LogP contribution in [0.5, 0.6) is 0 Å². The van der Waals surface area contributed by atoms with Gasteiger partial charge in [-0.25, -0.2) is 0 Å². The van der Waals surface area contributed by atoms with Gasteiger partial charge in [-0.2, -0.15) is 0 Å². The summed E-state index contributed by atoms with van der Waals surface area (Å²) in [6, 6.07) is 21.2. The van der Waals surface area contributed by atoms with E-state index in [2.05, 4.69) is 27.3 Å². The number of amidine groups is 1. The van der Waals surface area contributed by atoms with E-state index in [1.807, 2.05) is 79.7 Å². The molecule has 1 fully saturated rings. The molecule has 0 unspecified atom stereocenters. The average molecular weight is 520 g/mol. The van der Waals surface area contributed by atoms with Gasteiger partial charge in [0.15, 0.2) is 5.84 Å². The van der Waals surface area contributed by atoms with Crippen LogP contribution in [0.15, 0.2) is 71.9 Å². The molecule has 0 saturated carbocycles. The summed E-state index contributed by atoms with van der Waals surface area (Å²) < 4.78 is 0. The molecular formula is C29H34ClN5O2. The van der Waals surface area contributed by atoms with Crippen LogP contribution in [-0.4, -0.2) is 55.1 Å². The minimum absolute atomic E-state index is 0. The first-order valence-electron chi connectivity index (χ1n) is 12.1. The predicted molar refractivity (Wildman–Crippen MR) is 155 cm³/mol. The molecule has 194 valence electrons. The molecule has 0 radical (unpaired) electrons. The molecule has 1 heterocycles. The second kappa shape index (κ2) is 12.9. The maximum atomic E-state index is 13.1. The van der Waals surface area contributed by atoms with Crippen molar-refractivity contribution in [2.45, 2.75) is 13.3 Å². The van der Waals surface area contributed by atoms with Crippen molar-refractivity contribution in [1.29, 1.82) is 0 Å². The molecule has 1 aliphatic rings. The third kappa shape index (κ3) is 7.35. The highest BCUT2D eigenvalue weighted by Gasteiger charge is 2.14. The molecule has 1 saturated heterocycles. The van der Waals surface area contributed by atoms with Gasteiger partial charge < -0.3 is 26.1 Å². The Labute approximate surface area is 224 Å². The van der Waals surface area contributed by atoms with E-state index >= 15 is 0 Å². The molecule has 3 aromatic carbocycles. The van der Waals surface area contributed by atoms with Crippen LogP contribution in [0, 0.1) is 6.92 Å². The number of aryl methyl sites for hydroxylation is 1. The molecule has 37 heavy (non-hydrogen) atoms. The molecule has 1 amide bonds. The monoisotopic (exact) mass is 519 g/mol. The zero-order chi connectivity index (χ0) is 25.5. The SMILES string of the molecule is Cc1ccc(/C=C/c2cccc(C(N)=NO)c2)c(NC(=O)c2ccc(N3CCCN(C)CC3)cc2)c1.Cl. The number of nitrogens with two attached hydrogens (primary N) is 1. The van der Waals surface area contributed by atoms with E-state index in [9.17, 15) is 4.79 Å². The van der Waals surface area contributed by atoms with Crippen molar-refractivity contribution in [2.24, 2.45) is 10.9 Å². The number of likely N-dealkylation sites (N-methyl/N-ethyl adjacent to an activating group) is 1. The van der Waals surface area contributed by atoms with Gasteiger partial charge in [-0.1, -0.05) is 47.6 Å². The molecule has 3 aromatic rings. The summed E-state index contributed by atoms with van der Waals surface area (Å²) in [5.41, 5.74) is 11.7. The number of hydrogen-bond acceptors (Lipinski definition) is 5. The minimum Gasteiger partial charge on any atom is -0.409 e. The molecule has 7 nitrogen and oxygen atoms in total. The largest absolute Gasteiger partial charge is 0.409 e. The minimum atomic E-state index is -0.147. The van der Waals surface area contributed by atoms with Gasteiger partial charge in [-0.3, -0.25) is 4.79 Å². The molecule has 8 heteroatoms. The highest BCUT2D eigenvalue weighted by Crippen LogP contribution is 2.23. The highest BCUT2D eigenvalue weighted by molar-refractivity contribution is 6.05. The number of hydrogen-bond donors (Lipinski definition) is 3. The number of halogens is 1. The Morgan fingerprint density at radius 1 is 0.973 bits per heavy atom. The van der Waals surface area contributed by atoms with E-state index in [0.717, 1.165) is 60.7 Å². The van der Waals surface area contributed by atoms with E-state index < -0.39 is 0 Å². The molecule has 1 aliphatic heterocycles. The van der Waals surface area contributed by atoms with Crippen LogP contribution in [0.2, 0.25) is 0 Å². The first-order valence-corrected chi connectivity index (χ1v) is 12.1. The zero-order valence-corrected chi connectivity index (χ0v) is 22.0. The van der Waals surface area contributed by atoms with Crippen LogP contribution in [0.25, 0.3) is 12.2 Å². The maximum Gasteiger partial charge on any atom is 0.255 e. The Morgan fingerprint density at radius 3 is 2.51 bits per heavy atom. The molecule has 4 N–H and O–H groups in total. The lowest BCUT2D eigenvalue weighted by molar-refractivity contribution is 0.102. The standard InChI is InChI=1S/C29H33N5O2.ClH/c1-21-7-9-23(10-8-22-5-3-6-25(20-22)28(30)32-36)27(19-21)31-29(35)24-11-13-26(14-12-24)34-16-4-15-33(2)17-18-34;/h3,5-14,19-20,36H,4,15-18H2,1-2H3,(H2,30,32)(H,31,35);1H/b10-8+;. The van der Waals surface area contributed by atoms with Crippen LogP contribution in [0.1, 0.15) is 39.0 Å². The van der Waals surface area contributed by atoms with Gasteiger partial charge in [-0.15, -0.1) is 12.4 Å². The van der Waals surface area contributed by atoms with Crippen LogP contribution >= 0.6 is 12.4 Å². The van der Waals surface area contributed by atoms with E-state index in [-0.39, 0.29) is 24.1 Å². The summed E-state index contributed by atoms with van der Waals surface area (Å²) in [6.45, 7) is 6.16. The summed E-state index contributed by atoms with van der Waals surface area (Å²) in [5.74, 6) is -0.0888. The second-order valence-electron chi connectivity index (χ2n) is 9.18. The van der Waals surface area contributed by atoms with Crippen molar-refractivity contribution in [3.05, 3.63) is 94.5 Å². The number of nitrogens with zero attached hydrogens (tertiary/aromatic N) is 3. The quantitative estimate of drug-likeness (QED) is 0.139. The number of carbonyl (C=O) groups excluding carboxylic acids is 1. The summed E-state index contributed by atoms with van der Waals surface area (Å²) >= 11 is 0. The fourth-order valence-electron chi connectivity index (χ4n) is 4.29. The Morgan fingerprint density at radius 2 is 1.76 bits per heavy atom. The smallest absolute Gasteiger partial charge is 0.255 e. The third-order valence-electron chi connectivity index (χ3n) is 6.42. The molecule has 0 spiro atoms. The topological polar surface area (TPSA) is 94.2 Å². The highest BCUT2D eigenvalue weighted by atomic mass is 35.5. The van der Waals surface area contributed by atoms with Gasteiger partial charge in [0, 0.05) is 42.1 Å². The second-order valence-corrected chi connectivity index (χ2v) is 9.18. The summed E-state index contributed by atoms with van der Waals surface area (Å²) in [4.78, 5) is 17.8. The first kappa shape index (κ1) is 27.8. The van der Waals surface area contributed by atoms with Crippen LogP contribution in [-0.2, 0) is 0 Å². The Hall–Kier alpha value is -3.81. The van der Waals surface area contributed by atoms with Gasteiger partial charge in [-0.05, 0) is 80.0 Å². The molecule has 0 aliphatic carbocycles. The van der Waals surface area contributed by atoms with E-state index in [1.165, 1.54) is 0 Å². The van der Waals surface area contributed by atoms with Gasteiger partial charge in [0.25, 0.3) is 5.91 Å². The lowest BCUT2D eigenvalue weighted by Crippen LogP contribution is -2.28. The predicted octanol–water partition coefficient (Wildman–Crippen LogP) is 5.08. The summed E-state index contributed by atoms with van der Waals surface area (Å²) in [7, 11) is 2.16. The van der Waals surface area contributed by atoms with E-state index in [1.54, 1.807) is 6.07 Å². The van der Waals surface area contributed by atoms with Crippen molar-refractivity contribution in [3.8, 4) is 0 Å². The van der Waals surface area contributed by atoms with Crippen molar-refractivity contribution in [2.75, 3.05) is 43.4 Å². The van der Waals surface area contributed by atoms with Gasteiger partial charge in [0.05, 0.1) is 0 Å². The van der Waals surface area contributed by atoms with Crippen molar-refractivity contribution < 1.29 is 10.0 Å². The fraction of sp³-hybridized carbons (Fsp3) is 0.241. The van der Waals surface area contributed by atoms with E-state index in [4.69, 9.17) is 10.9 Å².